The molecule has 0 aliphatic heterocycles. The van der Waals surface area contributed by atoms with Crippen LogP contribution in [0, 0.1) is 5.82 Å². The van der Waals surface area contributed by atoms with Gasteiger partial charge < -0.3 is 10.5 Å². The lowest BCUT2D eigenvalue weighted by atomic mass is 10.3. The molecule has 0 aliphatic rings. The van der Waals surface area contributed by atoms with Gasteiger partial charge in [-0.1, -0.05) is 23.8 Å². The summed E-state index contributed by atoms with van der Waals surface area (Å²) in [5, 5.41) is 0.0577. The Bertz CT molecular complexity index is 403. The van der Waals surface area contributed by atoms with Gasteiger partial charge in [-0.05, 0) is 28.4 Å². The van der Waals surface area contributed by atoms with Crippen LogP contribution in [0.3, 0.4) is 0 Å². The highest BCUT2D eigenvalue weighted by atomic mass is 79.9. The normalized spacial score (nSPS) is 10.2. The zero-order valence-electron chi connectivity index (χ0n) is 8.30. The maximum absolute atomic E-state index is 13.1. The predicted octanol–water partition coefficient (Wildman–Crippen LogP) is 3.69. The molecule has 0 atom stereocenters. The minimum Gasteiger partial charge on any atom is -0.492 e. The molecule has 0 aliphatic carbocycles. The predicted molar refractivity (Wildman–Crippen MR) is 70.6 cm³/mol. The van der Waals surface area contributed by atoms with Crippen molar-refractivity contribution in [3.63, 3.8) is 0 Å². The maximum Gasteiger partial charge on any atom is 0.145 e. The van der Waals surface area contributed by atoms with Gasteiger partial charge in [0.05, 0.1) is 21.1 Å². The first-order valence-electron chi connectivity index (χ1n) is 4.56. The van der Waals surface area contributed by atoms with Crippen molar-refractivity contribution in [3.8, 4) is 5.75 Å². The second-order valence-electron chi connectivity index (χ2n) is 3.12. The molecule has 2 N–H and O–H groups in total. The third-order valence-corrected chi connectivity index (χ3v) is 2.91. The number of thiocarbonyl (C=S) groups is 1. The number of rotatable bonds is 5. The van der Waals surface area contributed by atoms with Gasteiger partial charge in [0.2, 0.25) is 0 Å². The second-order valence-corrected chi connectivity index (χ2v) is 4.90. The van der Waals surface area contributed by atoms with Crippen molar-refractivity contribution in [2.24, 2.45) is 5.73 Å². The third kappa shape index (κ3) is 4.23. The number of hydrogen-bond acceptors (Lipinski definition) is 2. The Hall–Kier alpha value is -0.390. The van der Waals surface area contributed by atoms with Gasteiger partial charge in [0.25, 0.3) is 0 Å². The summed E-state index contributed by atoms with van der Waals surface area (Å²) in [7, 11) is 0. The fourth-order valence-electron chi connectivity index (χ4n) is 1.04. The van der Waals surface area contributed by atoms with E-state index in [2.05, 4.69) is 15.9 Å². The van der Waals surface area contributed by atoms with E-state index < -0.39 is 5.82 Å². The number of hydrogen-bond donors (Lipinski definition) is 1. The summed E-state index contributed by atoms with van der Waals surface area (Å²) >= 11 is 13.6. The molecule has 0 radical (unpaired) electrons. The molecular formula is C10H10BrClFNOS. The van der Waals surface area contributed by atoms with Crippen molar-refractivity contribution < 1.29 is 9.13 Å². The van der Waals surface area contributed by atoms with Gasteiger partial charge in [-0.15, -0.1) is 0 Å². The van der Waals surface area contributed by atoms with Gasteiger partial charge in [0.15, 0.2) is 0 Å². The minimum atomic E-state index is -0.505. The molecular weight excluding hydrogens is 317 g/mol. The van der Waals surface area contributed by atoms with Crippen molar-refractivity contribution in [1.29, 1.82) is 0 Å². The van der Waals surface area contributed by atoms with Crippen LogP contribution in [-0.4, -0.2) is 11.6 Å². The topological polar surface area (TPSA) is 35.2 Å². The highest BCUT2D eigenvalue weighted by Gasteiger charge is 2.07. The molecule has 0 spiro atoms. The van der Waals surface area contributed by atoms with E-state index >= 15 is 0 Å². The van der Waals surface area contributed by atoms with E-state index in [1.807, 2.05) is 0 Å². The van der Waals surface area contributed by atoms with Crippen molar-refractivity contribution in [1.82, 2.24) is 0 Å². The summed E-state index contributed by atoms with van der Waals surface area (Å²) in [6.07, 6.45) is 1.31. The molecule has 0 aromatic heterocycles. The Morgan fingerprint density at radius 1 is 1.56 bits per heavy atom. The smallest absolute Gasteiger partial charge is 0.145 e. The Balaban J connectivity index is 2.54. The fraction of sp³-hybridized carbons (Fsp3) is 0.300. The standard InChI is InChI=1S/C10H10BrClFNOS/c11-6-4-7(12)8(13)5-9(6)15-3-1-2-10(14)16/h4-5H,1-3H2,(H2,14,16). The largest absolute Gasteiger partial charge is 0.492 e. The number of nitrogens with two attached hydrogens (primary N) is 1. The van der Waals surface area contributed by atoms with Crippen molar-refractivity contribution in [2.75, 3.05) is 6.61 Å². The average Bonchev–Trinajstić information content (AvgIpc) is 2.19. The lowest BCUT2D eigenvalue weighted by molar-refractivity contribution is 0.310. The van der Waals surface area contributed by atoms with Gasteiger partial charge in [0, 0.05) is 12.5 Å². The van der Waals surface area contributed by atoms with Crippen LogP contribution in [0.1, 0.15) is 12.8 Å². The summed E-state index contributed by atoms with van der Waals surface area (Å²) < 4.78 is 19.1. The zero-order valence-corrected chi connectivity index (χ0v) is 11.5. The summed E-state index contributed by atoms with van der Waals surface area (Å²) in [6, 6.07) is 2.70. The first-order chi connectivity index (χ1) is 7.50. The Kier molecular flexibility index (Phi) is 5.44. The molecule has 0 saturated carbocycles. The molecule has 0 unspecified atom stereocenters. The zero-order chi connectivity index (χ0) is 12.1. The number of halogens is 3. The van der Waals surface area contributed by atoms with E-state index in [0.29, 0.717) is 34.7 Å². The lowest BCUT2D eigenvalue weighted by Gasteiger charge is -2.08. The second kappa shape index (κ2) is 6.37. The molecule has 0 saturated heterocycles. The van der Waals surface area contributed by atoms with E-state index in [1.165, 1.54) is 12.1 Å². The maximum atomic E-state index is 13.1. The first-order valence-corrected chi connectivity index (χ1v) is 6.14. The summed E-state index contributed by atoms with van der Waals surface area (Å²) in [5.41, 5.74) is 5.33. The van der Waals surface area contributed by atoms with Gasteiger partial charge in [-0.3, -0.25) is 0 Å². The first kappa shape index (κ1) is 13.7. The number of ether oxygens (including phenoxy) is 1. The van der Waals surface area contributed by atoms with E-state index in [-0.39, 0.29) is 5.02 Å². The van der Waals surface area contributed by atoms with Gasteiger partial charge in [0.1, 0.15) is 11.6 Å². The van der Waals surface area contributed by atoms with E-state index in [0.717, 1.165) is 0 Å². The van der Waals surface area contributed by atoms with Crippen LogP contribution in [0.2, 0.25) is 5.02 Å². The fourth-order valence-corrected chi connectivity index (χ4v) is 1.94. The Morgan fingerprint density at radius 3 is 2.88 bits per heavy atom. The Morgan fingerprint density at radius 2 is 2.25 bits per heavy atom. The van der Waals surface area contributed by atoms with Crippen LogP contribution < -0.4 is 10.5 Å². The van der Waals surface area contributed by atoms with Crippen LogP contribution in [0.15, 0.2) is 16.6 Å². The molecule has 0 heterocycles. The Labute approximate surface area is 112 Å². The van der Waals surface area contributed by atoms with Gasteiger partial charge in [-0.2, -0.15) is 0 Å². The molecule has 0 fully saturated rings. The monoisotopic (exact) mass is 325 g/mol. The van der Waals surface area contributed by atoms with Crippen LogP contribution in [0.25, 0.3) is 0 Å². The molecule has 2 nitrogen and oxygen atoms in total. The third-order valence-electron chi connectivity index (χ3n) is 1.80. The molecule has 1 aromatic rings. The average molecular weight is 327 g/mol. The van der Waals surface area contributed by atoms with Crippen LogP contribution in [0.5, 0.6) is 5.75 Å². The SMILES string of the molecule is NC(=S)CCCOc1cc(F)c(Cl)cc1Br. The summed E-state index contributed by atoms with van der Waals surface area (Å²) in [5.74, 6) is -0.0842. The molecule has 1 aromatic carbocycles. The lowest BCUT2D eigenvalue weighted by Crippen LogP contribution is -2.09. The van der Waals surface area contributed by atoms with E-state index in [9.17, 15) is 4.39 Å². The van der Waals surface area contributed by atoms with Gasteiger partial charge >= 0.3 is 0 Å². The molecule has 0 amide bonds. The van der Waals surface area contributed by atoms with Crippen molar-refractivity contribution in [3.05, 3.63) is 27.4 Å². The van der Waals surface area contributed by atoms with Crippen molar-refractivity contribution >= 4 is 44.7 Å². The van der Waals surface area contributed by atoms with E-state index in [4.69, 9.17) is 34.3 Å². The summed E-state index contributed by atoms with van der Waals surface area (Å²) in [4.78, 5) is 0.449. The van der Waals surface area contributed by atoms with Gasteiger partial charge in [-0.25, -0.2) is 4.39 Å². The van der Waals surface area contributed by atoms with Crippen LogP contribution in [0.4, 0.5) is 4.39 Å². The molecule has 0 bridgehead atoms. The van der Waals surface area contributed by atoms with Crippen LogP contribution >= 0.6 is 39.7 Å². The molecule has 16 heavy (non-hydrogen) atoms. The van der Waals surface area contributed by atoms with E-state index in [1.54, 1.807) is 0 Å². The molecule has 1 rings (SSSR count). The number of benzene rings is 1. The molecule has 6 heteroatoms. The summed E-state index contributed by atoms with van der Waals surface area (Å²) in [6.45, 7) is 0.428. The van der Waals surface area contributed by atoms with Crippen LogP contribution in [-0.2, 0) is 0 Å². The minimum absolute atomic E-state index is 0.0577. The van der Waals surface area contributed by atoms with Crippen molar-refractivity contribution in [2.45, 2.75) is 12.8 Å². The highest BCUT2D eigenvalue weighted by Crippen LogP contribution is 2.30. The highest BCUT2D eigenvalue weighted by molar-refractivity contribution is 9.10. The molecule has 88 valence electrons. The quantitative estimate of drug-likeness (QED) is 0.509.